The summed E-state index contributed by atoms with van der Waals surface area (Å²) in [6.45, 7) is 1.49. The van der Waals surface area contributed by atoms with Crippen molar-refractivity contribution in [1.82, 2.24) is 9.78 Å². The molecule has 0 aliphatic carbocycles. The number of nitrogen functional groups attached to an aromatic ring is 1. The third-order valence-electron chi connectivity index (χ3n) is 2.57. The van der Waals surface area contributed by atoms with Crippen LogP contribution >= 0.6 is 0 Å². The molecular formula is C13H13FN4O2. The van der Waals surface area contributed by atoms with E-state index in [1.165, 1.54) is 18.2 Å². The minimum atomic E-state index is -0.556. The van der Waals surface area contributed by atoms with E-state index in [0.29, 0.717) is 11.4 Å². The van der Waals surface area contributed by atoms with Gasteiger partial charge in [-0.05, 0) is 31.2 Å². The van der Waals surface area contributed by atoms with E-state index in [4.69, 9.17) is 5.73 Å². The molecule has 0 bridgehead atoms. The van der Waals surface area contributed by atoms with Gasteiger partial charge in [-0.25, -0.2) is 9.07 Å². The molecule has 0 fully saturated rings. The van der Waals surface area contributed by atoms with Crippen LogP contribution in [0.25, 0.3) is 0 Å². The lowest BCUT2D eigenvalue weighted by Crippen LogP contribution is -2.29. The van der Waals surface area contributed by atoms with E-state index in [9.17, 15) is 14.0 Å². The number of nitrogens with one attached hydrogen (secondary N) is 1. The van der Waals surface area contributed by atoms with Gasteiger partial charge in [0.1, 0.15) is 12.4 Å². The number of rotatable bonds is 3. The fourth-order valence-electron chi connectivity index (χ4n) is 1.62. The van der Waals surface area contributed by atoms with Crippen molar-refractivity contribution in [3.8, 4) is 0 Å². The van der Waals surface area contributed by atoms with Crippen LogP contribution in [-0.4, -0.2) is 15.7 Å². The van der Waals surface area contributed by atoms with Crippen molar-refractivity contribution in [2.24, 2.45) is 0 Å². The number of carbonyl (C=O) groups excluding carboxylic acids is 1. The van der Waals surface area contributed by atoms with E-state index >= 15 is 0 Å². The summed E-state index contributed by atoms with van der Waals surface area (Å²) in [5.74, 6) is -1.00. The number of aromatic nitrogens is 2. The molecule has 7 heteroatoms. The lowest BCUT2D eigenvalue weighted by Gasteiger charge is -2.08. The smallest absolute Gasteiger partial charge is 0.267 e. The Morgan fingerprint density at radius 2 is 2.15 bits per heavy atom. The summed E-state index contributed by atoms with van der Waals surface area (Å²) < 4.78 is 14.0. The molecule has 0 atom stereocenters. The van der Waals surface area contributed by atoms with Crippen LogP contribution in [0, 0.1) is 12.7 Å². The number of benzene rings is 1. The monoisotopic (exact) mass is 276 g/mol. The van der Waals surface area contributed by atoms with Crippen LogP contribution in [0.3, 0.4) is 0 Å². The van der Waals surface area contributed by atoms with E-state index < -0.39 is 11.7 Å². The molecule has 20 heavy (non-hydrogen) atoms. The molecule has 0 radical (unpaired) electrons. The molecule has 1 aromatic heterocycles. The highest BCUT2D eigenvalue weighted by Crippen LogP contribution is 2.16. The fourth-order valence-corrected chi connectivity index (χ4v) is 1.62. The van der Waals surface area contributed by atoms with Gasteiger partial charge in [0.2, 0.25) is 5.91 Å². The number of amides is 1. The summed E-state index contributed by atoms with van der Waals surface area (Å²) in [6.07, 6.45) is 0. The van der Waals surface area contributed by atoms with Gasteiger partial charge >= 0.3 is 0 Å². The molecule has 2 aromatic rings. The average molecular weight is 276 g/mol. The number of halogens is 1. The van der Waals surface area contributed by atoms with Crippen molar-refractivity contribution in [2.45, 2.75) is 13.5 Å². The van der Waals surface area contributed by atoms with Crippen LogP contribution < -0.4 is 16.6 Å². The van der Waals surface area contributed by atoms with Gasteiger partial charge in [-0.15, -0.1) is 0 Å². The highest BCUT2D eigenvalue weighted by atomic mass is 19.1. The van der Waals surface area contributed by atoms with Gasteiger partial charge in [0.15, 0.2) is 0 Å². The number of nitrogens with zero attached hydrogens (tertiary/aromatic N) is 2. The second-order valence-electron chi connectivity index (χ2n) is 4.26. The molecule has 0 saturated heterocycles. The molecule has 0 unspecified atom stereocenters. The molecule has 1 aromatic carbocycles. The second kappa shape index (κ2) is 5.52. The predicted molar refractivity (Wildman–Crippen MR) is 72.7 cm³/mol. The molecule has 1 heterocycles. The Labute approximate surface area is 114 Å². The zero-order chi connectivity index (χ0) is 14.7. The summed E-state index contributed by atoms with van der Waals surface area (Å²) in [5.41, 5.74) is 5.95. The first-order chi connectivity index (χ1) is 9.45. The van der Waals surface area contributed by atoms with Crippen molar-refractivity contribution < 1.29 is 9.18 Å². The highest BCUT2D eigenvalue weighted by Gasteiger charge is 2.07. The number of carbonyl (C=O) groups is 1. The van der Waals surface area contributed by atoms with Crippen molar-refractivity contribution >= 4 is 17.3 Å². The third-order valence-corrected chi connectivity index (χ3v) is 2.57. The lowest BCUT2D eigenvalue weighted by atomic mass is 10.2. The van der Waals surface area contributed by atoms with Gasteiger partial charge in [-0.2, -0.15) is 5.10 Å². The van der Waals surface area contributed by atoms with Crippen molar-refractivity contribution in [2.75, 3.05) is 11.1 Å². The molecule has 2 rings (SSSR count). The van der Waals surface area contributed by atoms with E-state index in [-0.39, 0.29) is 17.8 Å². The first-order valence-electron chi connectivity index (χ1n) is 5.85. The normalized spacial score (nSPS) is 10.3. The minimum Gasteiger partial charge on any atom is -0.396 e. The van der Waals surface area contributed by atoms with Crippen LogP contribution in [0.15, 0.2) is 35.1 Å². The van der Waals surface area contributed by atoms with Crippen LogP contribution in [0.2, 0.25) is 0 Å². The number of hydrogen-bond acceptors (Lipinski definition) is 4. The molecule has 0 saturated carbocycles. The number of aryl methyl sites for hydroxylation is 1. The van der Waals surface area contributed by atoms with Crippen LogP contribution in [0.1, 0.15) is 5.69 Å². The zero-order valence-electron chi connectivity index (χ0n) is 10.8. The Kier molecular flexibility index (Phi) is 3.79. The van der Waals surface area contributed by atoms with Crippen LogP contribution in [0.5, 0.6) is 0 Å². The predicted octanol–water partition coefficient (Wildman–Crippen LogP) is 0.912. The van der Waals surface area contributed by atoms with Gasteiger partial charge in [0, 0.05) is 11.8 Å². The van der Waals surface area contributed by atoms with E-state index in [0.717, 1.165) is 10.7 Å². The molecule has 0 spiro atoms. The van der Waals surface area contributed by atoms with Gasteiger partial charge in [-0.1, -0.05) is 0 Å². The Balaban J connectivity index is 2.11. The number of hydrogen-bond donors (Lipinski definition) is 2. The molecule has 6 nitrogen and oxygen atoms in total. The molecule has 104 valence electrons. The molecule has 0 aliphatic heterocycles. The van der Waals surface area contributed by atoms with Crippen molar-refractivity contribution in [3.05, 3.63) is 52.2 Å². The highest BCUT2D eigenvalue weighted by molar-refractivity contribution is 5.90. The van der Waals surface area contributed by atoms with Gasteiger partial charge in [-0.3, -0.25) is 9.59 Å². The number of nitrogens with two attached hydrogens (primary N) is 1. The minimum absolute atomic E-state index is 0.0614. The van der Waals surface area contributed by atoms with E-state index in [1.807, 2.05) is 0 Å². The summed E-state index contributed by atoms with van der Waals surface area (Å²) in [4.78, 5) is 23.3. The van der Waals surface area contributed by atoms with Gasteiger partial charge < -0.3 is 11.1 Å². The summed E-state index contributed by atoms with van der Waals surface area (Å²) in [7, 11) is 0. The Bertz CT molecular complexity index is 712. The third kappa shape index (κ3) is 3.19. The zero-order valence-corrected chi connectivity index (χ0v) is 10.8. The van der Waals surface area contributed by atoms with Gasteiger partial charge in [0.25, 0.3) is 5.56 Å². The topological polar surface area (TPSA) is 90.0 Å². The molecule has 3 N–H and O–H groups in total. The van der Waals surface area contributed by atoms with E-state index in [1.54, 1.807) is 13.0 Å². The van der Waals surface area contributed by atoms with Crippen LogP contribution in [-0.2, 0) is 11.3 Å². The fraction of sp³-hybridized carbons (Fsp3) is 0.154. The van der Waals surface area contributed by atoms with Gasteiger partial charge in [0.05, 0.1) is 11.4 Å². The first kappa shape index (κ1) is 13.7. The Morgan fingerprint density at radius 3 is 2.85 bits per heavy atom. The van der Waals surface area contributed by atoms with Crippen molar-refractivity contribution in [3.63, 3.8) is 0 Å². The van der Waals surface area contributed by atoms with E-state index in [2.05, 4.69) is 10.4 Å². The summed E-state index contributed by atoms with van der Waals surface area (Å²) in [6, 6.07) is 6.75. The van der Waals surface area contributed by atoms with Crippen molar-refractivity contribution in [1.29, 1.82) is 0 Å². The standard InChI is InChI=1S/C13H13FN4O2/c1-8-2-5-13(20)18(17-8)7-12(19)16-9-3-4-10(14)11(15)6-9/h2-6H,7,15H2,1H3,(H,16,19). The van der Waals surface area contributed by atoms with Crippen LogP contribution in [0.4, 0.5) is 15.8 Å². The average Bonchev–Trinajstić information content (AvgIpc) is 2.38. The molecular weight excluding hydrogens is 263 g/mol. The number of anilines is 2. The summed E-state index contributed by atoms with van der Waals surface area (Å²) in [5, 5.41) is 6.46. The first-order valence-corrected chi connectivity index (χ1v) is 5.85. The summed E-state index contributed by atoms with van der Waals surface area (Å²) >= 11 is 0. The maximum Gasteiger partial charge on any atom is 0.267 e. The lowest BCUT2D eigenvalue weighted by molar-refractivity contribution is -0.117. The second-order valence-corrected chi connectivity index (χ2v) is 4.26. The molecule has 0 aliphatic rings. The maximum absolute atomic E-state index is 13.0. The quantitative estimate of drug-likeness (QED) is 0.815. The largest absolute Gasteiger partial charge is 0.396 e. The Morgan fingerprint density at radius 1 is 1.40 bits per heavy atom. The Hall–Kier alpha value is -2.70. The molecule has 1 amide bonds. The SMILES string of the molecule is Cc1ccc(=O)n(CC(=O)Nc2ccc(F)c(N)c2)n1. The maximum atomic E-state index is 13.0.